The molecule has 1 saturated carbocycles. The van der Waals surface area contributed by atoms with Gasteiger partial charge < -0.3 is 5.73 Å². The number of halogens is 1. The summed E-state index contributed by atoms with van der Waals surface area (Å²) in [5, 5.41) is 0. The lowest BCUT2D eigenvalue weighted by atomic mass is 9.80. The molecular weight excluding hydrogens is 181 g/mol. The molecule has 1 aliphatic carbocycles. The molecule has 2 nitrogen and oxygen atoms in total. The first kappa shape index (κ1) is 9.19. The van der Waals surface area contributed by atoms with Crippen molar-refractivity contribution in [3.05, 3.63) is 29.6 Å². The largest absolute Gasteiger partial charge is 0.399 e. The highest BCUT2D eigenvalue weighted by Crippen LogP contribution is 2.30. The molecule has 0 radical (unpaired) electrons. The molecule has 1 aromatic carbocycles. The molecule has 3 heteroatoms. The van der Waals surface area contributed by atoms with Crippen LogP contribution in [0.25, 0.3) is 0 Å². The van der Waals surface area contributed by atoms with Crippen molar-refractivity contribution in [3.63, 3.8) is 0 Å². The molecule has 0 atom stereocenters. The van der Waals surface area contributed by atoms with Gasteiger partial charge in [0.2, 0.25) is 0 Å². The molecule has 74 valence electrons. The van der Waals surface area contributed by atoms with Gasteiger partial charge in [-0.1, -0.05) is 6.42 Å². The molecule has 1 fully saturated rings. The Bertz CT molecular complexity index is 372. The summed E-state index contributed by atoms with van der Waals surface area (Å²) >= 11 is 0. The van der Waals surface area contributed by atoms with E-state index in [1.807, 2.05) is 0 Å². The average molecular weight is 193 g/mol. The maximum Gasteiger partial charge on any atom is 0.168 e. The number of benzene rings is 1. The standard InChI is InChI=1S/C11H12FNO/c12-10-5-4-8(13)6-9(10)11(14)7-2-1-3-7/h4-7H,1-3,13H2. The maximum atomic E-state index is 13.3. The smallest absolute Gasteiger partial charge is 0.168 e. The van der Waals surface area contributed by atoms with Crippen LogP contribution in [0.15, 0.2) is 18.2 Å². The van der Waals surface area contributed by atoms with Crippen LogP contribution in [0.2, 0.25) is 0 Å². The molecule has 0 saturated heterocycles. The zero-order chi connectivity index (χ0) is 10.1. The van der Waals surface area contributed by atoms with Gasteiger partial charge in [0, 0.05) is 11.6 Å². The molecule has 0 amide bonds. The Balaban J connectivity index is 2.29. The SMILES string of the molecule is Nc1ccc(F)c(C(=O)C2CCC2)c1. The van der Waals surface area contributed by atoms with Crippen molar-refractivity contribution >= 4 is 11.5 Å². The van der Waals surface area contributed by atoms with E-state index in [0.717, 1.165) is 19.3 Å². The van der Waals surface area contributed by atoms with Gasteiger partial charge in [0.25, 0.3) is 0 Å². The third-order valence-electron chi connectivity index (χ3n) is 2.73. The maximum absolute atomic E-state index is 13.3. The first-order valence-corrected chi connectivity index (χ1v) is 4.77. The number of carbonyl (C=O) groups is 1. The van der Waals surface area contributed by atoms with Crippen molar-refractivity contribution in [2.45, 2.75) is 19.3 Å². The topological polar surface area (TPSA) is 43.1 Å². The van der Waals surface area contributed by atoms with Crippen molar-refractivity contribution in [1.29, 1.82) is 0 Å². The Morgan fingerprint density at radius 2 is 2.14 bits per heavy atom. The van der Waals surface area contributed by atoms with Crippen LogP contribution in [0.4, 0.5) is 10.1 Å². The number of hydrogen-bond donors (Lipinski definition) is 1. The Kier molecular flexibility index (Phi) is 2.23. The van der Waals surface area contributed by atoms with Gasteiger partial charge >= 0.3 is 0 Å². The Morgan fingerprint density at radius 1 is 1.43 bits per heavy atom. The average Bonchev–Trinajstić information content (AvgIpc) is 2.06. The quantitative estimate of drug-likeness (QED) is 0.579. The molecule has 2 rings (SSSR count). The fourth-order valence-corrected chi connectivity index (χ4v) is 1.62. The third-order valence-corrected chi connectivity index (χ3v) is 2.73. The van der Waals surface area contributed by atoms with Crippen molar-refractivity contribution in [2.75, 3.05) is 5.73 Å². The molecular formula is C11H12FNO. The first-order chi connectivity index (χ1) is 6.68. The zero-order valence-corrected chi connectivity index (χ0v) is 7.79. The van der Waals surface area contributed by atoms with Crippen LogP contribution in [-0.4, -0.2) is 5.78 Å². The molecule has 1 aromatic rings. The van der Waals surface area contributed by atoms with Crippen molar-refractivity contribution in [3.8, 4) is 0 Å². The fraction of sp³-hybridized carbons (Fsp3) is 0.364. The van der Waals surface area contributed by atoms with E-state index >= 15 is 0 Å². The van der Waals surface area contributed by atoms with Gasteiger partial charge in [-0.2, -0.15) is 0 Å². The lowest BCUT2D eigenvalue weighted by molar-refractivity contribution is 0.0851. The van der Waals surface area contributed by atoms with Gasteiger partial charge in [-0.15, -0.1) is 0 Å². The molecule has 0 unspecified atom stereocenters. The van der Waals surface area contributed by atoms with Crippen LogP contribution in [0, 0.1) is 11.7 Å². The number of nitrogen functional groups attached to an aromatic ring is 1. The minimum Gasteiger partial charge on any atom is -0.399 e. The highest BCUT2D eigenvalue weighted by molar-refractivity contribution is 5.99. The molecule has 1 aliphatic rings. The van der Waals surface area contributed by atoms with Crippen LogP contribution in [0.3, 0.4) is 0 Å². The van der Waals surface area contributed by atoms with Gasteiger partial charge in [-0.3, -0.25) is 4.79 Å². The molecule has 0 aromatic heterocycles. The van der Waals surface area contributed by atoms with E-state index in [-0.39, 0.29) is 17.3 Å². The van der Waals surface area contributed by atoms with Gasteiger partial charge in [-0.05, 0) is 31.0 Å². The summed E-state index contributed by atoms with van der Waals surface area (Å²) in [6.07, 6.45) is 2.83. The number of nitrogens with two attached hydrogens (primary N) is 1. The molecule has 0 heterocycles. The van der Waals surface area contributed by atoms with E-state index < -0.39 is 5.82 Å². The normalized spacial score (nSPS) is 16.4. The second kappa shape index (κ2) is 3.40. The number of rotatable bonds is 2. The lowest BCUT2D eigenvalue weighted by Crippen LogP contribution is -2.22. The Morgan fingerprint density at radius 3 is 2.71 bits per heavy atom. The van der Waals surface area contributed by atoms with Crippen LogP contribution in [0.1, 0.15) is 29.6 Å². The van der Waals surface area contributed by atoms with E-state index in [2.05, 4.69) is 0 Å². The lowest BCUT2D eigenvalue weighted by Gasteiger charge is -2.23. The number of ketones is 1. The predicted octanol–water partition coefficient (Wildman–Crippen LogP) is 2.39. The first-order valence-electron chi connectivity index (χ1n) is 4.77. The van der Waals surface area contributed by atoms with E-state index in [4.69, 9.17) is 5.73 Å². The highest BCUT2D eigenvalue weighted by atomic mass is 19.1. The van der Waals surface area contributed by atoms with Gasteiger partial charge in [0.05, 0.1) is 5.56 Å². The van der Waals surface area contributed by atoms with E-state index in [9.17, 15) is 9.18 Å². The van der Waals surface area contributed by atoms with Gasteiger partial charge in [-0.25, -0.2) is 4.39 Å². The van der Waals surface area contributed by atoms with Crippen LogP contribution >= 0.6 is 0 Å². The van der Waals surface area contributed by atoms with E-state index in [1.165, 1.54) is 18.2 Å². The molecule has 2 N–H and O–H groups in total. The van der Waals surface area contributed by atoms with Crippen molar-refractivity contribution in [2.24, 2.45) is 5.92 Å². The van der Waals surface area contributed by atoms with Crippen molar-refractivity contribution < 1.29 is 9.18 Å². The number of carbonyl (C=O) groups excluding carboxylic acids is 1. The second-order valence-electron chi connectivity index (χ2n) is 3.73. The Labute approximate surface area is 81.9 Å². The van der Waals surface area contributed by atoms with Crippen molar-refractivity contribution in [1.82, 2.24) is 0 Å². The van der Waals surface area contributed by atoms with Crippen LogP contribution in [0.5, 0.6) is 0 Å². The third kappa shape index (κ3) is 1.50. The summed E-state index contributed by atoms with van der Waals surface area (Å²) in [7, 11) is 0. The predicted molar refractivity (Wildman–Crippen MR) is 52.5 cm³/mol. The summed E-state index contributed by atoms with van der Waals surface area (Å²) in [5.41, 5.74) is 6.09. The fourth-order valence-electron chi connectivity index (χ4n) is 1.62. The summed E-state index contributed by atoms with van der Waals surface area (Å²) in [6.45, 7) is 0. The monoisotopic (exact) mass is 193 g/mol. The summed E-state index contributed by atoms with van der Waals surface area (Å²) < 4.78 is 13.3. The number of hydrogen-bond acceptors (Lipinski definition) is 2. The minimum absolute atomic E-state index is 0.0197. The van der Waals surface area contributed by atoms with Crippen LogP contribution < -0.4 is 5.73 Å². The second-order valence-corrected chi connectivity index (χ2v) is 3.73. The highest BCUT2D eigenvalue weighted by Gasteiger charge is 2.27. The molecule has 14 heavy (non-hydrogen) atoms. The van der Waals surface area contributed by atoms with Crippen LogP contribution in [-0.2, 0) is 0 Å². The summed E-state index contributed by atoms with van der Waals surface area (Å²) in [4.78, 5) is 11.7. The molecule has 0 spiro atoms. The minimum atomic E-state index is -0.462. The summed E-state index contributed by atoms with van der Waals surface area (Å²) in [5.74, 6) is -0.538. The molecule has 0 bridgehead atoms. The van der Waals surface area contributed by atoms with E-state index in [0.29, 0.717) is 5.69 Å². The zero-order valence-electron chi connectivity index (χ0n) is 7.79. The Hall–Kier alpha value is -1.38. The van der Waals surface area contributed by atoms with Gasteiger partial charge in [0.15, 0.2) is 5.78 Å². The number of anilines is 1. The molecule has 0 aliphatic heterocycles. The van der Waals surface area contributed by atoms with E-state index in [1.54, 1.807) is 0 Å². The number of Topliss-reactive ketones (excluding diaryl/α,β-unsaturated/α-hetero) is 1. The summed E-state index contributed by atoms with van der Waals surface area (Å²) in [6, 6.07) is 4.14. The van der Waals surface area contributed by atoms with Gasteiger partial charge in [0.1, 0.15) is 5.82 Å².